The number of nitrogens with zero attached hydrogens (tertiary/aromatic N) is 2. The van der Waals surface area contributed by atoms with Crippen LogP contribution < -0.4 is 5.73 Å². The average molecular weight is 219 g/mol. The van der Waals surface area contributed by atoms with Crippen LogP contribution >= 0.6 is 0 Å². The maximum absolute atomic E-state index is 5.60. The van der Waals surface area contributed by atoms with Gasteiger partial charge in [-0.05, 0) is 43.6 Å². The number of hydrogen-bond donors (Lipinski definition) is 1. The van der Waals surface area contributed by atoms with Gasteiger partial charge in [0.05, 0.1) is 0 Å². The third kappa shape index (κ3) is 1.77. The minimum atomic E-state index is 0.702. The molecule has 2 aliphatic carbocycles. The third-order valence-electron chi connectivity index (χ3n) is 4.49. The molecule has 3 rings (SSSR count). The molecule has 2 bridgehead atoms. The van der Waals surface area contributed by atoms with Crippen LogP contribution in [0.5, 0.6) is 0 Å². The molecule has 0 saturated heterocycles. The lowest BCUT2D eigenvalue weighted by Crippen LogP contribution is -2.19. The van der Waals surface area contributed by atoms with Crippen molar-refractivity contribution in [3.8, 4) is 0 Å². The van der Waals surface area contributed by atoms with Crippen molar-refractivity contribution >= 4 is 0 Å². The van der Waals surface area contributed by atoms with Crippen LogP contribution in [0.25, 0.3) is 0 Å². The Balaban J connectivity index is 1.67. The summed E-state index contributed by atoms with van der Waals surface area (Å²) in [6.07, 6.45) is 10.8. The molecule has 3 nitrogen and oxygen atoms in total. The van der Waals surface area contributed by atoms with E-state index < -0.39 is 0 Å². The molecule has 1 aromatic rings. The summed E-state index contributed by atoms with van der Waals surface area (Å²) >= 11 is 0. The van der Waals surface area contributed by atoms with Gasteiger partial charge < -0.3 is 10.3 Å². The van der Waals surface area contributed by atoms with Crippen LogP contribution in [0.15, 0.2) is 12.4 Å². The summed E-state index contributed by atoms with van der Waals surface area (Å²) in [5.41, 5.74) is 5.60. The van der Waals surface area contributed by atoms with Crippen LogP contribution in [0.1, 0.15) is 31.5 Å². The molecule has 0 spiro atoms. The maximum atomic E-state index is 5.60. The summed E-state index contributed by atoms with van der Waals surface area (Å²) in [5.74, 6) is 4.12. The van der Waals surface area contributed by atoms with Gasteiger partial charge in [0.2, 0.25) is 0 Å². The molecule has 2 aliphatic rings. The van der Waals surface area contributed by atoms with Crippen LogP contribution in [0.2, 0.25) is 0 Å². The zero-order valence-corrected chi connectivity index (χ0v) is 9.81. The van der Waals surface area contributed by atoms with Crippen molar-refractivity contribution in [2.75, 3.05) is 6.54 Å². The number of aromatic nitrogens is 2. The van der Waals surface area contributed by atoms with E-state index in [4.69, 9.17) is 5.73 Å². The lowest BCUT2D eigenvalue weighted by Gasteiger charge is -2.22. The standard InChI is InChI=1S/C13H21N3/c14-4-3-13-15-5-6-16(13)9-12-8-10-1-2-11(12)7-10/h5-6,10-12H,1-4,7-9,14H2. The third-order valence-corrected chi connectivity index (χ3v) is 4.49. The maximum Gasteiger partial charge on any atom is 0.109 e. The molecule has 0 radical (unpaired) electrons. The summed E-state index contributed by atoms with van der Waals surface area (Å²) in [7, 11) is 0. The van der Waals surface area contributed by atoms with Gasteiger partial charge in [0.1, 0.15) is 5.82 Å². The van der Waals surface area contributed by atoms with E-state index in [1.54, 1.807) is 0 Å². The summed E-state index contributed by atoms with van der Waals surface area (Å²) in [5, 5.41) is 0. The first-order valence-electron chi connectivity index (χ1n) is 6.57. The van der Waals surface area contributed by atoms with E-state index in [1.807, 2.05) is 6.20 Å². The minimum Gasteiger partial charge on any atom is -0.335 e. The predicted molar refractivity (Wildman–Crippen MR) is 63.9 cm³/mol. The van der Waals surface area contributed by atoms with E-state index >= 15 is 0 Å². The number of nitrogens with two attached hydrogens (primary N) is 1. The Hall–Kier alpha value is -0.830. The summed E-state index contributed by atoms with van der Waals surface area (Å²) < 4.78 is 2.33. The number of hydrogen-bond acceptors (Lipinski definition) is 2. The SMILES string of the molecule is NCCc1nccn1CC1CC2CCC1C2. The second kappa shape index (κ2) is 4.21. The average Bonchev–Trinajstić information content (AvgIpc) is 2.96. The monoisotopic (exact) mass is 219 g/mol. The Bertz CT molecular complexity index is 358. The fourth-order valence-corrected chi connectivity index (χ4v) is 3.72. The lowest BCUT2D eigenvalue weighted by molar-refractivity contribution is 0.293. The van der Waals surface area contributed by atoms with Crippen molar-refractivity contribution in [2.45, 2.75) is 38.6 Å². The van der Waals surface area contributed by atoms with Crippen LogP contribution in [-0.2, 0) is 13.0 Å². The first kappa shape index (κ1) is 10.3. The molecule has 3 atom stereocenters. The second-order valence-electron chi connectivity index (χ2n) is 5.47. The molecule has 3 unspecified atom stereocenters. The topological polar surface area (TPSA) is 43.8 Å². The molecule has 2 fully saturated rings. The highest BCUT2D eigenvalue weighted by molar-refractivity contribution is 4.96. The lowest BCUT2D eigenvalue weighted by atomic mass is 9.89. The van der Waals surface area contributed by atoms with Crippen LogP contribution in [0.3, 0.4) is 0 Å². The highest BCUT2D eigenvalue weighted by atomic mass is 15.1. The highest BCUT2D eigenvalue weighted by Gasteiger charge is 2.39. The number of rotatable bonds is 4. The van der Waals surface area contributed by atoms with Gasteiger partial charge in [0.15, 0.2) is 0 Å². The van der Waals surface area contributed by atoms with Crippen LogP contribution in [-0.4, -0.2) is 16.1 Å². The molecule has 0 aromatic carbocycles. The van der Waals surface area contributed by atoms with Crippen LogP contribution in [0, 0.1) is 17.8 Å². The fourth-order valence-electron chi connectivity index (χ4n) is 3.72. The molecule has 1 aromatic heterocycles. The first-order chi connectivity index (χ1) is 7.86. The molecule has 16 heavy (non-hydrogen) atoms. The minimum absolute atomic E-state index is 0.702. The molecule has 1 heterocycles. The molecule has 0 amide bonds. The van der Waals surface area contributed by atoms with Gasteiger partial charge in [0, 0.05) is 25.4 Å². The van der Waals surface area contributed by atoms with Crippen molar-refractivity contribution in [3.63, 3.8) is 0 Å². The first-order valence-corrected chi connectivity index (χ1v) is 6.57. The van der Waals surface area contributed by atoms with Crippen molar-refractivity contribution in [3.05, 3.63) is 18.2 Å². The molecule has 88 valence electrons. The Morgan fingerprint density at radius 1 is 1.38 bits per heavy atom. The zero-order valence-electron chi connectivity index (χ0n) is 9.81. The Morgan fingerprint density at radius 2 is 2.31 bits per heavy atom. The molecular weight excluding hydrogens is 198 g/mol. The van der Waals surface area contributed by atoms with Crippen LogP contribution in [0.4, 0.5) is 0 Å². The second-order valence-corrected chi connectivity index (χ2v) is 5.47. The molecule has 2 saturated carbocycles. The van der Waals surface area contributed by atoms with Crippen molar-refractivity contribution in [1.29, 1.82) is 0 Å². The number of fused-ring (bicyclic) bond motifs is 2. The van der Waals surface area contributed by atoms with E-state index in [0.717, 1.165) is 24.2 Å². The summed E-state index contributed by atoms with van der Waals surface area (Å²) in [6.45, 7) is 1.88. The van der Waals surface area contributed by atoms with E-state index in [0.29, 0.717) is 6.54 Å². The van der Waals surface area contributed by atoms with Crippen molar-refractivity contribution in [2.24, 2.45) is 23.5 Å². The summed E-state index contributed by atoms with van der Waals surface area (Å²) in [4.78, 5) is 4.39. The van der Waals surface area contributed by atoms with E-state index in [1.165, 1.54) is 38.1 Å². The quantitative estimate of drug-likeness (QED) is 0.839. The summed E-state index contributed by atoms with van der Waals surface area (Å²) in [6, 6.07) is 0. The van der Waals surface area contributed by atoms with Gasteiger partial charge in [-0.15, -0.1) is 0 Å². The number of imidazole rings is 1. The van der Waals surface area contributed by atoms with E-state index in [2.05, 4.69) is 15.7 Å². The van der Waals surface area contributed by atoms with Gasteiger partial charge >= 0.3 is 0 Å². The smallest absolute Gasteiger partial charge is 0.109 e. The van der Waals surface area contributed by atoms with Gasteiger partial charge in [-0.2, -0.15) is 0 Å². The molecule has 0 aliphatic heterocycles. The van der Waals surface area contributed by atoms with Gasteiger partial charge in [-0.25, -0.2) is 4.98 Å². The molecule has 3 heteroatoms. The van der Waals surface area contributed by atoms with Gasteiger partial charge in [-0.1, -0.05) is 6.42 Å². The van der Waals surface area contributed by atoms with Gasteiger partial charge in [-0.3, -0.25) is 0 Å². The van der Waals surface area contributed by atoms with Gasteiger partial charge in [0.25, 0.3) is 0 Å². The molecule has 2 N–H and O–H groups in total. The highest BCUT2D eigenvalue weighted by Crippen LogP contribution is 2.48. The van der Waals surface area contributed by atoms with E-state index in [9.17, 15) is 0 Å². The van der Waals surface area contributed by atoms with Crippen molar-refractivity contribution in [1.82, 2.24) is 9.55 Å². The fraction of sp³-hybridized carbons (Fsp3) is 0.769. The normalized spacial score (nSPS) is 32.4. The Labute approximate surface area is 97.0 Å². The Morgan fingerprint density at radius 3 is 3.00 bits per heavy atom. The molecular formula is C13H21N3. The predicted octanol–water partition coefficient (Wildman–Crippen LogP) is 1.82. The zero-order chi connectivity index (χ0) is 11.0. The Kier molecular flexibility index (Phi) is 2.72. The van der Waals surface area contributed by atoms with Crippen molar-refractivity contribution < 1.29 is 0 Å². The largest absolute Gasteiger partial charge is 0.335 e. The van der Waals surface area contributed by atoms with E-state index in [-0.39, 0.29) is 0 Å².